The lowest BCUT2D eigenvalue weighted by Gasteiger charge is -2.56. The number of ether oxygens (including phenoxy) is 2. The Morgan fingerprint density at radius 2 is 1.91 bits per heavy atom. The van der Waals surface area contributed by atoms with Gasteiger partial charge in [-0.3, -0.25) is 9.59 Å². The number of aliphatic hydroxyl groups excluding tert-OH is 3. The average molecular weight is 467 g/mol. The van der Waals surface area contributed by atoms with Gasteiger partial charge in [0.15, 0.2) is 6.10 Å². The summed E-state index contributed by atoms with van der Waals surface area (Å²) in [6.45, 7) is 5.96. The van der Waals surface area contributed by atoms with E-state index < -0.39 is 59.2 Å². The molecule has 3 aliphatic rings. The first-order valence-corrected chi connectivity index (χ1v) is 12.2. The molecule has 0 aromatic heterocycles. The third kappa shape index (κ3) is 4.62. The molecule has 1 saturated carbocycles. The molecule has 0 radical (unpaired) electrons. The zero-order valence-corrected chi connectivity index (χ0v) is 19.9. The summed E-state index contributed by atoms with van der Waals surface area (Å²) in [5.41, 5.74) is -1.96. The molecule has 1 spiro atoms. The van der Waals surface area contributed by atoms with E-state index in [9.17, 15) is 29.7 Å². The summed E-state index contributed by atoms with van der Waals surface area (Å²) in [4.78, 5) is 37.4. The van der Waals surface area contributed by atoms with Crippen LogP contribution in [0.1, 0.15) is 78.6 Å². The van der Waals surface area contributed by atoms with E-state index in [-0.39, 0.29) is 18.4 Å². The van der Waals surface area contributed by atoms with Crippen molar-refractivity contribution in [3.8, 4) is 0 Å². The Morgan fingerprint density at radius 3 is 2.58 bits per heavy atom. The van der Waals surface area contributed by atoms with Crippen LogP contribution in [0, 0.1) is 22.7 Å². The number of hydrogen-bond donors (Lipinski definition) is 3. The van der Waals surface area contributed by atoms with E-state index >= 15 is 0 Å². The van der Waals surface area contributed by atoms with Crippen molar-refractivity contribution in [3.05, 3.63) is 11.6 Å². The van der Waals surface area contributed by atoms with Crippen LogP contribution in [0.3, 0.4) is 0 Å². The van der Waals surface area contributed by atoms with Gasteiger partial charge in [0.25, 0.3) is 0 Å². The Hall–Kier alpha value is -1.77. The van der Waals surface area contributed by atoms with Crippen molar-refractivity contribution in [1.29, 1.82) is 0 Å². The molecule has 3 N–H and O–H groups in total. The van der Waals surface area contributed by atoms with Gasteiger partial charge in [0.1, 0.15) is 23.9 Å². The Balaban J connectivity index is 1.75. The number of rotatable bonds is 10. The molecule has 33 heavy (non-hydrogen) atoms. The Kier molecular flexibility index (Phi) is 8.02. The van der Waals surface area contributed by atoms with E-state index in [1.54, 1.807) is 6.08 Å². The second kappa shape index (κ2) is 10.2. The van der Waals surface area contributed by atoms with Crippen molar-refractivity contribution in [2.24, 2.45) is 22.7 Å². The lowest BCUT2D eigenvalue weighted by atomic mass is 9.46. The first-order valence-electron chi connectivity index (χ1n) is 12.2. The van der Waals surface area contributed by atoms with Crippen LogP contribution in [0.2, 0.25) is 0 Å². The smallest absolute Gasteiger partial charge is 0.335 e. The van der Waals surface area contributed by atoms with Crippen LogP contribution < -0.4 is 0 Å². The highest BCUT2D eigenvalue weighted by Crippen LogP contribution is 2.63. The second-order valence-corrected chi connectivity index (χ2v) is 10.5. The van der Waals surface area contributed by atoms with Crippen LogP contribution in [-0.2, 0) is 23.9 Å². The lowest BCUT2D eigenvalue weighted by Crippen LogP contribution is -2.65. The molecule has 0 amide bonds. The minimum atomic E-state index is -1.60. The van der Waals surface area contributed by atoms with Crippen LogP contribution >= 0.6 is 0 Å². The number of aliphatic hydroxyl groups is 3. The van der Waals surface area contributed by atoms with Gasteiger partial charge in [0.05, 0.1) is 5.92 Å². The molecule has 1 unspecified atom stereocenters. The van der Waals surface area contributed by atoms with Gasteiger partial charge in [0, 0.05) is 0 Å². The minimum Gasteiger partial charge on any atom is -0.458 e. The van der Waals surface area contributed by atoms with Crippen LogP contribution in [-0.4, -0.2) is 58.1 Å². The first-order chi connectivity index (χ1) is 15.6. The summed E-state index contributed by atoms with van der Waals surface area (Å²) >= 11 is 0. The van der Waals surface area contributed by atoms with Gasteiger partial charge >= 0.3 is 11.9 Å². The van der Waals surface area contributed by atoms with Gasteiger partial charge < -0.3 is 24.8 Å². The van der Waals surface area contributed by atoms with Crippen molar-refractivity contribution in [3.63, 3.8) is 0 Å². The number of carbonyl (C=O) groups is 3. The highest BCUT2D eigenvalue weighted by Gasteiger charge is 2.73. The van der Waals surface area contributed by atoms with Crippen molar-refractivity contribution in [1.82, 2.24) is 0 Å². The maximum atomic E-state index is 13.1. The summed E-state index contributed by atoms with van der Waals surface area (Å²) in [5, 5.41) is 32.1. The van der Waals surface area contributed by atoms with Crippen LogP contribution in [0.5, 0.6) is 0 Å². The van der Waals surface area contributed by atoms with E-state index in [0.717, 1.165) is 25.7 Å². The molecule has 0 bridgehead atoms. The normalized spacial score (nSPS) is 35.6. The summed E-state index contributed by atoms with van der Waals surface area (Å²) in [7, 11) is 0. The quantitative estimate of drug-likeness (QED) is 0.254. The number of cyclic esters (lactones) is 1. The van der Waals surface area contributed by atoms with Crippen molar-refractivity contribution in [2.75, 3.05) is 0 Å². The van der Waals surface area contributed by atoms with Gasteiger partial charge in [-0.05, 0) is 36.2 Å². The highest BCUT2D eigenvalue weighted by atomic mass is 16.6. The number of esters is 2. The second-order valence-electron chi connectivity index (χ2n) is 10.5. The summed E-state index contributed by atoms with van der Waals surface area (Å²) in [6.07, 6.45) is 3.86. The standard InChI is InChI=1S/C25H38O8/c1-4-5-6-7-8-9-10-16(27)21(29)32-17-13-24(2,3)18-12-11-15(14-26)19-22(30)33-23(31)25(18,19)20(17)28/h11,14,16-20,22,27-28,30H,4-10,12-13H2,1-3H3/t16?,17-,18-,19+,20-,22-,25+/m0/s1. The van der Waals surface area contributed by atoms with Crippen molar-refractivity contribution < 1.29 is 39.2 Å². The topological polar surface area (TPSA) is 130 Å². The predicted molar refractivity (Wildman–Crippen MR) is 119 cm³/mol. The molecule has 0 aromatic rings. The van der Waals surface area contributed by atoms with E-state index in [1.165, 1.54) is 6.42 Å². The maximum absolute atomic E-state index is 13.1. The number of carbonyl (C=O) groups excluding carboxylic acids is 3. The summed E-state index contributed by atoms with van der Waals surface area (Å²) in [5.74, 6) is -3.07. The zero-order chi connectivity index (χ0) is 24.4. The van der Waals surface area contributed by atoms with Crippen LogP contribution in [0.4, 0.5) is 0 Å². The molecule has 8 nitrogen and oxygen atoms in total. The van der Waals surface area contributed by atoms with E-state index in [0.29, 0.717) is 19.1 Å². The van der Waals surface area contributed by atoms with Crippen molar-refractivity contribution in [2.45, 2.75) is 103 Å². The molecule has 2 aliphatic carbocycles. The fourth-order valence-corrected chi connectivity index (χ4v) is 6.27. The largest absolute Gasteiger partial charge is 0.458 e. The van der Waals surface area contributed by atoms with E-state index in [4.69, 9.17) is 9.47 Å². The third-order valence-corrected chi connectivity index (χ3v) is 7.93. The molecule has 0 aromatic carbocycles. The summed E-state index contributed by atoms with van der Waals surface area (Å²) in [6, 6.07) is 0. The molecule has 3 rings (SSSR count). The highest BCUT2D eigenvalue weighted by molar-refractivity contribution is 5.87. The SMILES string of the molecule is CCCCCCCCC(O)C(=O)O[C@H]1CC(C)(C)[C@@H]2CC=C(C=O)[C@@H]3[C@@H](O)OC(=O)[C@@]32[C@H]1O. The maximum Gasteiger partial charge on any atom is 0.335 e. The summed E-state index contributed by atoms with van der Waals surface area (Å²) < 4.78 is 10.7. The molecular formula is C25H38O8. The minimum absolute atomic E-state index is 0.203. The molecule has 1 aliphatic heterocycles. The van der Waals surface area contributed by atoms with Crippen LogP contribution in [0.25, 0.3) is 0 Å². The van der Waals surface area contributed by atoms with Gasteiger partial charge in [-0.1, -0.05) is 65.4 Å². The van der Waals surface area contributed by atoms with Gasteiger partial charge in [-0.25, -0.2) is 4.79 Å². The fraction of sp³-hybridized carbons (Fsp3) is 0.800. The van der Waals surface area contributed by atoms with Gasteiger partial charge in [-0.15, -0.1) is 0 Å². The number of hydrogen-bond acceptors (Lipinski definition) is 8. The van der Waals surface area contributed by atoms with E-state index in [2.05, 4.69) is 6.92 Å². The van der Waals surface area contributed by atoms with E-state index in [1.807, 2.05) is 13.8 Å². The number of aldehydes is 1. The van der Waals surface area contributed by atoms with Gasteiger partial charge in [-0.2, -0.15) is 0 Å². The lowest BCUT2D eigenvalue weighted by molar-refractivity contribution is -0.211. The average Bonchev–Trinajstić information content (AvgIpc) is 3.04. The number of allylic oxidation sites excluding steroid dienone is 1. The molecule has 1 heterocycles. The fourth-order valence-electron chi connectivity index (χ4n) is 6.27. The molecule has 2 fully saturated rings. The zero-order valence-electron chi connectivity index (χ0n) is 19.9. The molecule has 1 saturated heterocycles. The molecular weight excluding hydrogens is 428 g/mol. The Morgan fingerprint density at radius 1 is 1.24 bits per heavy atom. The molecule has 186 valence electrons. The van der Waals surface area contributed by atoms with Crippen molar-refractivity contribution >= 4 is 18.2 Å². The molecule has 8 heteroatoms. The third-order valence-electron chi connectivity index (χ3n) is 7.93. The van der Waals surface area contributed by atoms with Gasteiger partial charge in [0.2, 0.25) is 6.29 Å². The monoisotopic (exact) mass is 466 g/mol. The van der Waals surface area contributed by atoms with Crippen LogP contribution in [0.15, 0.2) is 11.6 Å². The molecule has 7 atom stereocenters. The number of unbranched alkanes of at least 4 members (excludes halogenated alkanes) is 5. The predicted octanol–water partition coefficient (Wildman–Crippen LogP) is 2.42. The first kappa shape index (κ1) is 25.8. The Bertz CT molecular complexity index is 774. The Labute approximate surface area is 195 Å².